The van der Waals surface area contributed by atoms with Gasteiger partial charge in [0.25, 0.3) is 0 Å². The maximum absolute atomic E-state index is 15.0. The Labute approximate surface area is 246 Å². The van der Waals surface area contributed by atoms with E-state index in [4.69, 9.17) is 19.8 Å². The fourth-order valence-electron chi connectivity index (χ4n) is 5.54. The third-order valence-electron chi connectivity index (χ3n) is 7.82. The van der Waals surface area contributed by atoms with Crippen molar-refractivity contribution in [2.24, 2.45) is 4.99 Å². The van der Waals surface area contributed by atoms with Crippen LogP contribution in [0, 0.1) is 25.5 Å². The number of alkyl halides is 1. The van der Waals surface area contributed by atoms with Gasteiger partial charge in [-0.3, -0.25) is 4.90 Å². The minimum absolute atomic E-state index is 0.0544. The predicted octanol–water partition coefficient (Wildman–Crippen LogP) is 6.14. The highest BCUT2D eigenvalue weighted by molar-refractivity contribution is 6.76. The Hall–Kier alpha value is -3.22. The van der Waals surface area contributed by atoms with Gasteiger partial charge in [0.2, 0.25) is 0 Å². The van der Waals surface area contributed by atoms with Crippen LogP contribution in [-0.2, 0) is 11.5 Å². The molecule has 4 heterocycles. The van der Waals surface area contributed by atoms with Gasteiger partial charge in [-0.1, -0.05) is 25.7 Å². The minimum atomic E-state index is -1.29. The van der Waals surface area contributed by atoms with Crippen LogP contribution in [0.2, 0.25) is 25.7 Å². The van der Waals surface area contributed by atoms with Gasteiger partial charge in [0.1, 0.15) is 42.4 Å². The van der Waals surface area contributed by atoms with E-state index in [1.165, 1.54) is 18.2 Å². The topological polar surface area (TPSA) is 70.8 Å². The quantitative estimate of drug-likeness (QED) is 0.236. The van der Waals surface area contributed by atoms with Crippen molar-refractivity contribution in [3.63, 3.8) is 0 Å². The molecule has 1 saturated heterocycles. The van der Waals surface area contributed by atoms with E-state index < -0.39 is 19.7 Å². The zero-order valence-corrected chi connectivity index (χ0v) is 26.3. The maximum Gasteiger partial charge on any atom is 0.144 e. The van der Waals surface area contributed by atoms with Crippen LogP contribution in [0.1, 0.15) is 23.9 Å². The van der Waals surface area contributed by atoms with Crippen molar-refractivity contribution in [1.82, 2.24) is 19.7 Å². The number of nitrogens with zero attached hydrogens (tertiary/aromatic N) is 6. The molecular weight excluding hydrogens is 559 g/mol. The fraction of sp³-hybridized carbons (Fsp3) is 0.500. The van der Waals surface area contributed by atoms with Gasteiger partial charge in [-0.2, -0.15) is 5.10 Å². The summed E-state index contributed by atoms with van der Waals surface area (Å²) in [4.78, 5) is 14.0. The number of nitrogens with one attached hydrogen (secondary N) is 1. The van der Waals surface area contributed by atoms with Gasteiger partial charge in [0.05, 0.1) is 28.3 Å². The maximum atomic E-state index is 15.0. The number of amidine groups is 1. The number of aliphatic imine (C=N–C) groups is 1. The standard InChI is InChI=1S/C30H40F3N7OSi/c1-19-17-38(11-10-31)12-13-39(19)25-16-22-27(20(2)34-25)35-30(26-23(32)8-7-9-24(26)33)36-28-21(3)37-40(29(22)28)18-41-14-15-42(4,5)6/h7-9,16,19H,10-15,17-18H2,1-6H3,(H,35,36). The van der Waals surface area contributed by atoms with Crippen LogP contribution in [-0.4, -0.2) is 79.1 Å². The number of piperazine rings is 1. The number of fused-ring (bicyclic) bond motifs is 3. The Morgan fingerprint density at radius 1 is 1.10 bits per heavy atom. The molecule has 0 radical (unpaired) electrons. The summed E-state index contributed by atoms with van der Waals surface area (Å²) in [7, 11) is -1.29. The first-order valence-electron chi connectivity index (χ1n) is 14.5. The van der Waals surface area contributed by atoms with Crippen LogP contribution in [0.3, 0.4) is 0 Å². The summed E-state index contributed by atoms with van der Waals surface area (Å²) in [5, 5.41) is 7.99. The van der Waals surface area contributed by atoms with E-state index in [0.717, 1.165) is 30.5 Å². The molecule has 1 unspecified atom stereocenters. The number of aryl methyl sites for hydroxylation is 2. The number of halogens is 3. The monoisotopic (exact) mass is 599 g/mol. The summed E-state index contributed by atoms with van der Waals surface area (Å²) in [5.41, 5.74) is 3.63. The summed E-state index contributed by atoms with van der Waals surface area (Å²) in [6.07, 6.45) is 0. The number of rotatable bonds is 9. The van der Waals surface area contributed by atoms with E-state index in [9.17, 15) is 4.39 Å². The number of benzene rings is 1. The number of anilines is 2. The van der Waals surface area contributed by atoms with Crippen LogP contribution < -0.4 is 10.2 Å². The molecule has 0 amide bonds. The van der Waals surface area contributed by atoms with Crippen molar-refractivity contribution < 1.29 is 17.9 Å². The molecule has 1 aromatic carbocycles. The lowest BCUT2D eigenvalue weighted by molar-refractivity contribution is 0.0796. The molecular formula is C30H40F3N7OSi. The lowest BCUT2D eigenvalue weighted by atomic mass is 10.1. The lowest BCUT2D eigenvalue weighted by Gasteiger charge is -2.40. The Morgan fingerprint density at radius 2 is 1.83 bits per heavy atom. The summed E-state index contributed by atoms with van der Waals surface area (Å²) >= 11 is 0. The molecule has 5 rings (SSSR count). The normalized spacial score (nSPS) is 17.4. The van der Waals surface area contributed by atoms with Crippen LogP contribution in [0.5, 0.6) is 0 Å². The molecule has 0 aliphatic carbocycles. The van der Waals surface area contributed by atoms with Crippen LogP contribution in [0.15, 0.2) is 29.3 Å². The average Bonchev–Trinajstić information content (AvgIpc) is 3.10. The average molecular weight is 600 g/mol. The highest BCUT2D eigenvalue weighted by atomic mass is 28.3. The fourth-order valence-corrected chi connectivity index (χ4v) is 6.30. The van der Waals surface area contributed by atoms with Gasteiger partial charge >= 0.3 is 0 Å². The third kappa shape index (κ3) is 6.25. The number of aromatic nitrogens is 3. The molecule has 1 N–H and O–H groups in total. The van der Waals surface area contributed by atoms with Gasteiger partial charge in [0, 0.05) is 52.5 Å². The van der Waals surface area contributed by atoms with Crippen molar-refractivity contribution in [3.8, 4) is 11.3 Å². The van der Waals surface area contributed by atoms with Crippen molar-refractivity contribution in [2.75, 3.05) is 49.7 Å². The molecule has 2 aromatic heterocycles. The van der Waals surface area contributed by atoms with Gasteiger partial charge in [0.15, 0.2) is 0 Å². The molecule has 226 valence electrons. The molecule has 8 nitrogen and oxygen atoms in total. The molecule has 1 fully saturated rings. The van der Waals surface area contributed by atoms with E-state index in [1.807, 2.05) is 19.9 Å². The number of hydrogen-bond acceptors (Lipinski definition) is 7. The molecule has 0 spiro atoms. The van der Waals surface area contributed by atoms with Crippen molar-refractivity contribution in [1.29, 1.82) is 0 Å². The summed E-state index contributed by atoms with van der Waals surface area (Å²) in [6.45, 7) is 15.8. The summed E-state index contributed by atoms with van der Waals surface area (Å²) < 4.78 is 50.9. The SMILES string of the molecule is Cc1nn(COCC[Si](C)(C)C)c2c1N=C(c1c(F)cccc1F)Nc1c-2cc(N2CCN(CCF)CC2C)nc1C. The first-order chi connectivity index (χ1) is 20.0. The second kappa shape index (κ2) is 12.2. The molecule has 0 saturated carbocycles. The third-order valence-corrected chi connectivity index (χ3v) is 9.53. The molecule has 3 aromatic rings. The second-order valence-corrected chi connectivity index (χ2v) is 18.0. The Bertz CT molecular complexity index is 1470. The number of hydrogen-bond donors (Lipinski definition) is 1. The Morgan fingerprint density at radius 3 is 2.50 bits per heavy atom. The first-order valence-corrected chi connectivity index (χ1v) is 18.2. The largest absolute Gasteiger partial charge is 0.360 e. The van der Waals surface area contributed by atoms with Gasteiger partial charge in [-0.25, -0.2) is 27.8 Å². The first kappa shape index (κ1) is 30.2. The van der Waals surface area contributed by atoms with Gasteiger partial charge in [-0.05, 0) is 45.0 Å². The van der Waals surface area contributed by atoms with Gasteiger partial charge < -0.3 is 15.0 Å². The van der Waals surface area contributed by atoms with E-state index in [-0.39, 0.29) is 30.8 Å². The molecule has 2 aliphatic heterocycles. The summed E-state index contributed by atoms with van der Waals surface area (Å²) in [6, 6.07) is 6.89. The molecule has 12 heteroatoms. The predicted molar refractivity (Wildman–Crippen MR) is 164 cm³/mol. The zero-order chi connectivity index (χ0) is 30.2. The highest BCUT2D eigenvalue weighted by Crippen LogP contribution is 2.43. The molecule has 1 atom stereocenters. The molecule has 2 aliphatic rings. The summed E-state index contributed by atoms with van der Waals surface area (Å²) in [5.74, 6) is -0.600. The van der Waals surface area contributed by atoms with Crippen LogP contribution in [0.4, 0.5) is 30.4 Å². The van der Waals surface area contributed by atoms with Gasteiger partial charge in [-0.15, -0.1) is 0 Å². The van der Waals surface area contributed by atoms with E-state index in [2.05, 4.69) is 41.7 Å². The smallest absolute Gasteiger partial charge is 0.144 e. The lowest BCUT2D eigenvalue weighted by Crippen LogP contribution is -2.52. The highest BCUT2D eigenvalue weighted by Gasteiger charge is 2.31. The second-order valence-electron chi connectivity index (χ2n) is 12.3. The van der Waals surface area contributed by atoms with E-state index in [1.54, 1.807) is 4.68 Å². The zero-order valence-electron chi connectivity index (χ0n) is 25.3. The van der Waals surface area contributed by atoms with Crippen molar-refractivity contribution >= 4 is 31.1 Å². The minimum Gasteiger partial charge on any atom is -0.360 e. The van der Waals surface area contributed by atoms with E-state index in [0.29, 0.717) is 48.2 Å². The van der Waals surface area contributed by atoms with Crippen molar-refractivity contribution in [3.05, 3.63) is 52.9 Å². The van der Waals surface area contributed by atoms with Crippen molar-refractivity contribution in [2.45, 2.75) is 59.2 Å². The van der Waals surface area contributed by atoms with Crippen LogP contribution >= 0.6 is 0 Å². The number of pyridine rings is 1. The Kier molecular flexibility index (Phi) is 8.77. The Balaban J connectivity index is 1.61. The molecule has 42 heavy (non-hydrogen) atoms. The van der Waals surface area contributed by atoms with E-state index >= 15 is 8.78 Å². The number of ether oxygens (including phenoxy) is 1. The molecule has 0 bridgehead atoms. The van der Waals surface area contributed by atoms with Crippen LogP contribution in [0.25, 0.3) is 11.3 Å².